The van der Waals surface area contributed by atoms with E-state index in [-0.39, 0.29) is 12.4 Å². The minimum Gasteiger partial charge on any atom is -0.497 e. The zero-order chi connectivity index (χ0) is 15.0. The first-order chi connectivity index (χ1) is 10.1. The van der Waals surface area contributed by atoms with Crippen molar-refractivity contribution in [3.05, 3.63) is 29.6 Å². The number of carbonyl (C=O) groups is 1. The predicted octanol–water partition coefficient (Wildman–Crippen LogP) is 2.97. The van der Waals surface area contributed by atoms with Gasteiger partial charge in [0.2, 0.25) is 0 Å². The van der Waals surface area contributed by atoms with Gasteiger partial charge in [-0.2, -0.15) is 0 Å². The molecule has 110 valence electrons. The lowest BCUT2D eigenvalue weighted by Gasteiger charge is -2.04. The number of ether oxygens (including phenoxy) is 2. The average molecular weight is 304 g/mol. The Bertz CT molecular complexity index is 819. The molecule has 0 unspecified atom stereocenters. The zero-order valence-corrected chi connectivity index (χ0v) is 13.0. The third-order valence-corrected chi connectivity index (χ3v) is 4.37. The van der Waals surface area contributed by atoms with E-state index in [0.717, 1.165) is 32.3 Å². The van der Waals surface area contributed by atoms with Crippen LogP contribution in [0.4, 0.5) is 0 Å². The van der Waals surface area contributed by atoms with Gasteiger partial charge in [-0.05, 0) is 32.0 Å². The summed E-state index contributed by atoms with van der Waals surface area (Å²) in [5.41, 5.74) is 2.79. The number of rotatable bonds is 4. The van der Waals surface area contributed by atoms with Gasteiger partial charge in [0, 0.05) is 0 Å². The first-order valence-electron chi connectivity index (χ1n) is 6.74. The van der Waals surface area contributed by atoms with Gasteiger partial charge in [-0.1, -0.05) is 11.3 Å². The number of aromatic nitrogens is 2. The fourth-order valence-electron chi connectivity index (χ4n) is 2.39. The van der Waals surface area contributed by atoms with Crippen LogP contribution < -0.4 is 4.74 Å². The van der Waals surface area contributed by atoms with Crippen LogP contribution >= 0.6 is 11.3 Å². The number of carbonyl (C=O) groups excluding carboxylic acids is 1. The molecule has 0 aliphatic rings. The lowest BCUT2D eigenvalue weighted by molar-refractivity contribution is -0.142. The van der Waals surface area contributed by atoms with Gasteiger partial charge in [0.1, 0.15) is 5.75 Å². The van der Waals surface area contributed by atoms with Gasteiger partial charge in [-0.25, -0.2) is 4.98 Å². The highest BCUT2D eigenvalue weighted by atomic mass is 32.1. The first-order valence-corrected chi connectivity index (χ1v) is 7.55. The molecule has 0 radical (unpaired) electrons. The maximum atomic E-state index is 11.8. The van der Waals surface area contributed by atoms with Crippen molar-refractivity contribution in [2.24, 2.45) is 0 Å². The molecule has 21 heavy (non-hydrogen) atoms. The minimum absolute atomic E-state index is 0.227. The Morgan fingerprint density at radius 2 is 2.24 bits per heavy atom. The Hall–Kier alpha value is -2.08. The smallest absolute Gasteiger partial charge is 0.311 e. The summed E-state index contributed by atoms with van der Waals surface area (Å²) in [6.45, 7) is 4.12. The highest BCUT2D eigenvalue weighted by Gasteiger charge is 2.17. The molecule has 3 rings (SSSR count). The third kappa shape index (κ3) is 2.35. The largest absolute Gasteiger partial charge is 0.497 e. The van der Waals surface area contributed by atoms with Crippen LogP contribution in [0.5, 0.6) is 5.75 Å². The lowest BCUT2D eigenvalue weighted by atomic mass is 10.2. The summed E-state index contributed by atoms with van der Waals surface area (Å²) >= 11 is 1.59. The maximum Gasteiger partial charge on any atom is 0.311 e. The second-order valence-electron chi connectivity index (χ2n) is 4.68. The summed E-state index contributed by atoms with van der Waals surface area (Å²) < 4.78 is 13.4. The van der Waals surface area contributed by atoms with Crippen molar-refractivity contribution in [1.29, 1.82) is 0 Å². The summed E-state index contributed by atoms with van der Waals surface area (Å²) in [5, 5.41) is 0. The summed E-state index contributed by atoms with van der Waals surface area (Å²) in [4.78, 5) is 17.2. The number of hydrogen-bond donors (Lipinski definition) is 0. The normalized spacial score (nSPS) is 11.2. The predicted molar refractivity (Wildman–Crippen MR) is 82.2 cm³/mol. The van der Waals surface area contributed by atoms with E-state index in [4.69, 9.17) is 9.47 Å². The van der Waals surface area contributed by atoms with Crippen LogP contribution in [-0.4, -0.2) is 29.1 Å². The van der Waals surface area contributed by atoms with E-state index in [9.17, 15) is 4.79 Å². The van der Waals surface area contributed by atoms with Gasteiger partial charge >= 0.3 is 5.97 Å². The molecule has 0 atom stereocenters. The lowest BCUT2D eigenvalue weighted by Crippen LogP contribution is -2.10. The van der Waals surface area contributed by atoms with Crippen molar-refractivity contribution in [1.82, 2.24) is 9.38 Å². The van der Waals surface area contributed by atoms with E-state index < -0.39 is 0 Å². The Labute approximate surface area is 126 Å². The van der Waals surface area contributed by atoms with E-state index in [1.54, 1.807) is 18.4 Å². The molecule has 0 aliphatic heterocycles. The molecule has 3 aromatic rings. The number of fused-ring (bicyclic) bond motifs is 3. The van der Waals surface area contributed by atoms with Crippen molar-refractivity contribution < 1.29 is 14.3 Å². The molecule has 0 amide bonds. The molecule has 0 spiro atoms. The number of methoxy groups -OCH3 is 1. The number of hydrogen-bond acceptors (Lipinski definition) is 5. The summed E-state index contributed by atoms with van der Waals surface area (Å²) in [6, 6.07) is 5.89. The molecule has 2 aromatic heterocycles. The molecule has 0 N–H and O–H groups in total. The molecule has 0 fully saturated rings. The summed E-state index contributed by atoms with van der Waals surface area (Å²) in [5.74, 6) is 0.589. The number of esters is 1. The number of aryl methyl sites for hydroxylation is 1. The van der Waals surface area contributed by atoms with Gasteiger partial charge < -0.3 is 9.47 Å². The Morgan fingerprint density at radius 3 is 2.95 bits per heavy atom. The summed E-state index contributed by atoms with van der Waals surface area (Å²) in [7, 11) is 1.65. The van der Waals surface area contributed by atoms with Crippen LogP contribution in [0, 0.1) is 6.92 Å². The molecule has 0 saturated carbocycles. The highest BCUT2D eigenvalue weighted by Crippen LogP contribution is 2.31. The average Bonchev–Trinajstić information content (AvgIpc) is 2.94. The van der Waals surface area contributed by atoms with Gasteiger partial charge in [-0.3, -0.25) is 9.20 Å². The second kappa shape index (κ2) is 5.37. The number of thiazole rings is 1. The highest BCUT2D eigenvalue weighted by molar-refractivity contribution is 7.23. The molecule has 1 aromatic carbocycles. The molecule has 0 bridgehead atoms. The van der Waals surface area contributed by atoms with Crippen LogP contribution in [0.2, 0.25) is 0 Å². The van der Waals surface area contributed by atoms with E-state index in [1.807, 2.05) is 36.4 Å². The molecule has 2 heterocycles. The van der Waals surface area contributed by atoms with Crippen molar-refractivity contribution in [3.8, 4) is 5.75 Å². The van der Waals surface area contributed by atoms with Crippen LogP contribution in [0.3, 0.4) is 0 Å². The minimum atomic E-state index is -0.227. The molecule has 6 heteroatoms. The zero-order valence-electron chi connectivity index (χ0n) is 12.2. The van der Waals surface area contributed by atoms with Gasteiger partial charge in [0.05, 0.1) is 41.7 Å². The Kier molecular flexibility index (Phi) is 3.55. The SMILES string of the molecule is CCOC(=O)Cc1c(C)nc2sc3cc(OC)ccc3n12. The fraction of sp³-hybridized carbons (Fsp3) is 0.333. The first kappa shape index (κ1) is 13.9. The van der Waals surface area contributed by atoms with Crippen molar-refractivity contribution in [2.45, 2.75) is 20.3 Å². The third-order valence-electron chi connectivity index (χ3n) is 3.37. The van der Waals surface area contributed by atoms with Crippen LogP contribution in [0.25, 0.3) is 15.2 Å². The summed E-state index contributed by atoms with van der Waals surface area (Å²) in [6.07, 6.45) is 0.235. The van der Waals surface area contributed by atoms with E-state index in [2.05, 4.69) is 4.98 Å². The maximum absolute atomic E-state index is 11.8. The molecular weight excluding hydrogens is 288 g/mol. The van der Waals surface area contributed by atoms with Gasteiger partial charge in [-0.15, -0.1) is 0 Å². The number of imidazole rings is 1. The topological polar surface area (TPSA) is 52.8 Å². The van der Waals surface area contributed by atoms with E-state index >= 15 is 0 Å². The number of nitrogens with zero attached hydrogens (tertiary/aromatic N) is 2. The van der Waals surface area contributed by atoms with Crippen LogP contribution in [-0.2, 0) is 16.0 Å². The fourth-order valence-corrected chi connectivity index (χ4v) is 3.51. The van der Waals surface area contributed by atoms with Crippen molar-refractivity contribution in [2.75, 3.05) is 13.7 Å². The van der Waals surface area contributed by atoms with E-state index in [0.29, 0.717) is 6.61 Å². The monoisotopic (exact) mass is 304 g/mol. The van der Waals surface area contributed by atoms with Crippen LogP contribution in [0.15, 0.2) is 18.2 Å². The van der Waals surface area contributed by atoms with Gasteiger partial charge in [0.15, 0.2) is 4.96 Å². The standard InChI is InChI=1S/C15H16N2O3S/c1-4-20-14(18)8-12-9(2)16-15-17(12)11-6-5-10(19-3)7-13(11)21-15/h5-7H,4,8H2,1-3H3. The molecule has 0 aliphatic carbocycles. The van der Waals surface area contributed by atoms with Gasteiger partial charge in [0.25, 0.3) is 0 Å². The second-order valence-corrected chi connectivity index (χ2v) is 5.69. The Balaban J connectivity index is 2.14. The van der Waals surface area contributed by atoms with Crippen molar-refractivity contribution in [3.63, 3.8) is 0 Å². The quantitative estimate of drug-likeness (QED) is 0.695. The van der Waals surface area contributed by atoms with Crippen molar-refractivity contribution >= 4 is 32.5 Å². The van der Waals surface area contributed by atoms with E-state index in [1.165, 1.54) is 0 Å². The Morgan fingerprint density at radius 1 is 1.43 bits per heavy atom. The number of benzene rings is 1. The molecule has 5 nitrogen and oxygen atoms in total. The molecular formula is C15H16N2O3S. The van der Waals surface area contributed by atoms with Crippen LogP contribution in [0.1, 0.15) is 18.3 Å². The molecule has 0 saturated heterocycles.